The van der Waals surface area contributed by atoms with Gasteiger partial charge >= 0.3 is 5.97 Å². The molecular weight excluding hydrogens is 258 g/mol. The summed E-state index contributed by atoms with van der Waals surface area (Å²) < 4.78 is 4.76. The van der Waals surface area contributed by atoms with Gasteiger partial charge in [0.05, 0.1) is 25.1 Å². The van der Waals surface area contributed by atoms with E-state index < -0.39 is 0 Å². The third-order valence-corrected chi connectivity index (χ3v) is 2.27. The summed E-state index contributed by atoms with van der Waals surface area (Å²) >= 11 is 0. The number of hydrogen-bond acceptors (Lipinski definition) is 5. The predicted molar refractivity (Wildman–Crippen MR) is 73.8 cm³/mol. The maximum Gasteiger partial charge on any atom is 0.307 e. The van der Waals surface area contributed by atoms with E-state index in [1.165, 1.54) is 6.20 Å². The van der Waals surface area contributed by atoms with Gasteiger partial charge in [-0.25, -0.2) is 4.98 Å². The van der Waals surface area contributed by atoms with E-state index in [9.17, 15) is 9.59 Å². The van der Waals surface area contributed by atoms with Crippen molar-refractivity contribution in [3.05, 3.63) is 29.6 Å². The maximum absolute atomic E-state index is 11.9. The lowest BCUT2D eigenvalue weighted by Crippen LogP contribution is -2.28. The highest BCUT2D eigenvalue weighted by molar-refractivity contribution is 5.94. The Morgan fingerprint density at radius 1 is 1.50 bits per heavy atom. The Hall–Kier alpha value is -2.39. The number of aromatic nitrogens is 1. The number of nitrogens with two attached hydrogens (primary N) is 1. The molecule has 0 aliphatic heterocycles. The van der Waals surface area contributed by atoms with Crippen molar-refractivity contribution in [3.8, 4) is 11.8 Å². The summed E-state index contributed by atoms with van der Waals surface area (Å²) in [4.78, 5) is 27.1. The molecule has 0 saturated heterocycles. The molecule has 0 saturated carbocycles. The standard InChI is InChI=1S/C14H17N3O3/c1-2-20-12(18)7-10-17-14(19)13-11(5-3-8-15)6-4-9-16-13/h4,6,9H,2,7-8,10,15H2,1H3,(H,17,19). The number of hydrogen-bond donors (Lipinski definition) is 2. The van der Waals surface area contributed by atoms with E-state index in [1.807, 2.05) is 0 Å². The molecule has 1 heterocycles. The molecule has 1 aromatic heterocycles. The average molecular weight is 275 g/mol. The highest BCUT2D eigenvalue weighted by Crippen LogP contribution is 2.03. The van der Waals surface area contributed by atoms with Gasteiger partial charge in [0.25, 0.3) is 5.91 Å². The number of nitrogens with one attached hydrogen (secondary N) is 1. The fourth-order valence-electron chi connectivity index (χ4n) is 1.43. The number of pyridine rings is 1. The lowest BCUT2D eigenvalue weighted by Gasteiger charge is -2.06. The normalized spacial score (nSPS) is 9.30. The molecule has 0 atom stereocenters. The summed E-state index contributed by atoms with van der Waals surface area (Å²) in [6.07, 6.45) is 1.63. The Labute approximate surface area is 117 Å². The van der Waals surface area contributed by atoms with Crippen LogP contribution in [0.25, 0.3) is 0 Å². The molecule has 20 heavy (non-hydrogen) atoms. The summed E-state index contributed by atoms with van der Waals surface area (Å²) in [6.45, 7) is 2.45. The third-order valence-electron chi connectivity index (χ3n) is 2.27. The van der Waals surface area contributed by atoms with Gasteiger partial charge in [0.15, 0.2) is 0 Å². The van der Waals surface area contributed by atoms with E-state index in [-0.39, 0.29) is 37.1 Å². The number of nitrogens with zero attached hydrogens (tertiary/aromatic N) is 1. The number of ether oxygens (including phenoxy) is 1. The summed E-state index contributed by atoms with van der Waals surface area (Å²) in [6, 6.07) is 3.38. The molecule has 0 radical (unpaired) electrons. The van der Waals surface area contributed by atoms with E-state index in [0.717, 1.165) is 0 Å². The number of carbonyl (C=O) groups is 2. The van der Waals surface area contributed by atoms with Gasteiger partial charge in [-0.3, -0.25) is 9.59 Å². The van der Waals surface area contributed by atoms with Crippen LogP contribution in [0.4, 0.5) is 0 Å². The van der Waals surface area contributed by atoms with Crippen LogP contribution in [0.3, 0.4) is 0 Å². The monoisotopic (exact) mass is 275 g/mol. The Morgan fingerprint density at radius 2 is 2.30 bits per heavy atom. The quantitative estimate of drug-likeness (QED) is 0.586. The Kier molecular flexibility index (Phi) is 6.79. The van der Waals surface area contributed by atoms with Crippen LogP contribution < -0.4 is 11.1 Å². The summed E-state index contributed by atoms with van der Waals surface area (Å²) in [7, 11) is 0. The minimum Gasteiger partial charge on any atom is -0.466 e. The van der Waals surface area contributed by atoms with Crippen LogP contribution in [0, 0.1) is 11.8 Å². The maximum atomic E-state index is 11.9. The van der Waals surface area contributed by atoms with Crippen molar-refractivity contribution >= 4 is 11.9 Å². The van der Waals surface area contributed by atoms with Gasteiger partial charge < -0.3 is 15.8 Å². The molecule has 0 unspecified atom stereocenters. The van der Waals surface area contributed by atoms with Crippen molar-refractivity contribution in [1.82, 2.24) is 10.3 Å². The van der Waals surface area contributed by atoms with Crippen LogP contribution in [-0.2, 0) is 9.53 Å². The number of amides is 1. The van der Waals surface area contributed by atoms with Gasteiger partial charge in [-0.1, -0.05) is 11.8 Å². The van der Waals surface area contributed by atoms with E-state index in [0.29, 0.717) is 12.2 Å². The zero-order valence-corrected chi connectivity index (χ0v) is 11.3. The van der Waals surface area contributed by atoms with Crippen molar-refractivity contribution in [2.24, 2.45) is 5.73 Å². The van der Waals surface area contributed by atoms with E-state index >= 15 is 0 Å². The largest absolute Gasteiger partial charge is 0.466 e. The molecule has 0 aromatic carbocycles. The van der Waals surface area contributed by atoms with Crippen molar-refractivity contribution in [2.75, 3.05) is 19.7 Å². The van der Waals surface area contributed by atoms with Crippen molar-refractivity contribution < 1.29 is 14.3 Å². The van der Waals surface area contributed by atoms with Crippen LogP contribution in [0.5, 0.6) is 0 Å². The molecular formula is C14H17N3O3. The molecule has 1 amide bonds. The summed E-state index contributed by atoms with van der Waals surface area (Å²) in [5.41, 5.74) is 6.02. The van der Waals surface area contributed by atoms with Crippen LogP contribution in [-0.4, -0.2) is 36.6 Å². The van der Waals surface area contributed by atoms with Gasteiger partial charge in [-0.2, -0.15) is 0 Å². The first-order chi connectivity index (χ1) is 9.69. The summed E-state index contributed by atoms with van der Waals surface area (Å²) in [5.74, 6) is 4.73. The second-order valence-electron chi connectivity index (χ2n) is 3.72. The minimum absolute atomic E-state index is 0.121. The van der Waals surface area contributed by atoms with Gasteiger partial charge in [0.1, 0.15) is 5.69 Å². The number of esters is 1. The molecule has 6 heteroatoms. The number of rotatable bonds is 5. The first kappa shape index (κ1) is 15.7. The van der Waals surface area contributed by atoms with Crippen LogP contribution in [0.1, 0.15) is 29.4 Å². The number of carbonyl (C=O) groups excluding carboxylic acids is 2. The fraction of sp³-hybridized carbons (Fsp3) is 0.357. The second-order valence-corrected chi connectivity index (χ2v) is 3.72. The fourth-order valence-corrected chi connectivity index (χ4v) is 1.43. The Balaban J connectivity index is 2.61. The molecule has 3 N–H and O–H groups in total. The topological polar surface area (TPSA) is 94.3 Å². The Bertz CT molecular complexity index is 532. The second kappa shape index (κ2) is 8.67. The molecule has 1 aromatic rings. The van der Waals surface area contributed by atoms with Crippen LogP contribution in [0.15, 0.2) is 18.3 Å². The van der Waals surface area contributed by atoms with Gasteiger partial charge in [0.2, 0.25) is 0 Å². The zero-order valence-electron chi connectivity index (χ0n) is 11.3. The van der Waals surface area contributed by atoms with Gasteiger partial charge in [-0.05, 0) is 19.1 Å². The van der Waals surface area contributed by atoms with E-state index in [2.05, 4.69) is 22.1 Å². The van der Waals surface area contributed by atoms with Crippen LogP contribution >= 0.6 is 0 Å². The van der Waals surface area contributed by atoms with Crippen LogP contribution in [0.2, 0.25) is 0 Å². The van der Waals surface area contributed by atoms with Gasteiger partial charge in [-0.15, -0.1) is 0 Å². The molecule has 0 aliphatic rings. The highest BCUT2D eigenvalue weighted by Gasteiger charge is 2.11. The third kappa shape index (κ3) is 5.08. The molecule has 0 spiro atoms. The van der Waals surface area contributed by atoms with Gasteiger partial charge in [0, 0.05) is 12.7 Å². The zero-order chi connectivity index (χ0) is 14.8. The predicted octanol–water partition coefficient (Wildman–Crippen LogP) is 0.0748. The van der Waals surface area contributed by atoms with Crippen molar-refractivity contribution in [2.45, 2.75) is 13.3 Å². The molecule has 106 valence electrons. The lowest BCUT2D eigenvalue weighted by atomic mass is 10.2. The average Bonchev–Trinajstić information content (AvgIpc) is 2.45. The van der Waals surface area contributed by atoms with Crippen molar-refractivity contribution in [3.63, 3.8) is 0 Å². The lowest BCUT2D eigenvalue weighted by molar-refractivity contribution is -0.142. The van der Waals surface area contributed by atoms with Crippen molar-refractivity contribution in [1.29, 1.82) is 0 Å². The molecule has 6 nitrogen and oxygen atoms in total. The summed E-state index contributed by atoms with van der Waals surface area (Å²) in [5, 5.41) is 2.60. The SMILES string of the molecule is CCOC(=O)CCNC(=O)c1ncccc1C#CCN. The first-order valence-corrected chi connectivity index (χ1v) is 6.26. The molecule has 1 rings (SSSR count). The van der Waals surface area contributed by atoms with E-state index in [4.69, 9.17) is 10.5 Å². The first-order valence-electron chi connectivity index (χ1n) is 6.26. The Morgan fingerprint density at radius 3 is 3.00 bits per heavy atom. The molecule has 0 bridgehead atoms. The highest BCUT2D eigenvalue weighted by atomic mass is 16.5. The van der Waals surface area contributed by atoms with E-state index in [1.54, 1.807) is 19.1 Å². The smallest absolute Gasteiger partial charge is 0.307 e. The minimum atomic E-state index is -0.379. The molecule has 0 fully saturated rings. The molecule has 0 aliphatic carbocycles.